The third-order valence-corrected chi connectivity index (χ3v) is 6.22. The first-order valence-corrected chi connectivity index (χ1v) is 11.3. The fourth-order valence-electron chi connectivity index (χ4n) is 4.47. The quantitative estimate of drug-likeness (QED) is 0.593. The van der Waals surface area contributed by atoms with Crippen molar-refractivity contribution in [3.8, 4) is 17.2 Å². The molecule has 0 N–H and O–H groups in total. The van der Waals surface area contributed by atoms with Gasteiger partial charge < -0.3 is 28.3 Å². The van der Waals surface area contributed by atoms with Gasteiger partial charge in [-0.25, -0.2) is 0 Å². The van der Waals surface area contributed by atoms with Crippen molar-refractivity contribution < 1.29 is 28.2 Å². The average molecular weight is 460 g/mol. The molecule has 0 bridgehead atoms. The molecule has 0 unspecified atom stereocenters. The van der Waals surface area contributed by atoms with Gasteiger partial charge in [-0.15, -0.1) is 0 Å². The third-order valence-electron chi connectivity index (χ3n) is 6.22. The average Bonchev–Trinajstić information content (AvgIpc) is 3.36. The summed E-state index contributed by atoms with van der Waals surface area (Å²) in [5.41, 5.74) is 0.530. The Morgan fingerprint density at radius 1 is 1.00 bits per heavy atom. The summed E-state index contributed by atoms with van der Waals surface area (Å²) in [6.07, 6.45) is 1.87. The number of hydrogen-bond acceptors (Lipinski definition) is 8. The highest BCUT2D eigenvalue weighted by molar-refractivity contribution is 5.95. The van der Waals surface area contributed by atoms with Crippen LogP contribution in [0.1, 0.15) is 16.1 Å². The van der Waals surface area contributed by atoms with Crippen LogP contribution < -0.4 is 14.2 Å². The monoisotopic (exact) mass is 459 g/mol. The highest BCUT2D eigenvalue weighted by Gasteiger charge is 2.28. The second-order valence-electron chi connectivity index (χ2n) is 8.31. The first kappa shape index (κ1) is 23.4. The van der Waals surface area contributed by atoms with Crippen LogP contribution in [0.2, 0.25) is 0 Å². The molecule has 2 aliphatic heterocycles. The lowest BCUT2D eigenvalue weighted by Crippen LogP contribution is -2.53. The molecule has 0 aliphatic carbocycles. The smallest absolute Gasteiger partial charge is 0.254 e. The van der Waals surface area contributed by atoms with Crippen LogP contribution >= 0.6 is 0 Å². The number of carbonyl (C=O) groups is 1. The molecule has 4 rings (SSSR count). The molecule has 0 saturated carbocycles. The van der Waals surface area contributed by atoms with Crippen molar-refractivity contribution >= 4 is 5.91 Å². The minimum atomic E-state index is -0.0348. The van der Waals surface area contributed by atoms with Gasteiger partial charge in [0.15, 0.2) is 11.5 Å². The standard InChI is InChI=1S/C24H33N3O6/c1-29-21-13-18(14-22(30-2)23(21)31-3)24(28)27-8-6-25(7-9-27)16-20-17-26(10-12-33-20)15-19-5-4-11-32-19/h4-5,11,13-14,20H,6-10,12,15-17H2,1-3H3/t20-/m0/s1. The van der Waals surface area contributed by atoms with Gasteiger partial charge in [0.2, 0.25) is 5.75 Å². The first-order chi connectivity index (χ1) is 16.1. The van der Waals surface area contributed by atoms with E-state index in [1.54, 1.807) is 39.7 Å². The Balaban J connectivity index is 1.30. The van der Waals surface area contributed by atoms with Crippen molar-refractivity contribution in [3.05, 3.63) is 41.9 Å². The van der Waals surface area contributed by atoms with E-state index in [4.69, 9.17) is 23.4 Å². The van der Waals surface area contributed by atoms with Gasteiger partial charge in [0, 0.05) is 51.4 Å². The molecule has 2 aromatic rings. The predicted octanol–water partition coefficient (Wildman–Crippen LogP) is 1.96. The molecule has 1 aromatic carbocycles. The SMILES string of the molecule is COc1cc(C(=O)N2CCN(C[C@H]3CN(Cc4ccco4)CCO3)CC2)cc(OC)c1OC. The maximum absolute atomic E-state index is 13.1. The second kappa shape index (κ2) is 10.9. The van der Waals surface area contributed by atoms with E-state index in [0.717, 1.165) is 51.6 Å². The van der Waals surface area contributed by atoms with Gasteiger partial charge in [-0.3, -0.25) is 14.6 Å². The number of benzene rings is 1. The van der Waals surface area contributed by atoms with Crippen LogP contribution in [-0.2, 0) is 11.3 Å². The molecular formula is C24H33N3O6. The summed E-state index contributed by atoms with van der Waals surface area (Å²) in [5.74, 6) is 2.39. The van der Waals surface area contributed by atoms with Gasteiger partial charge in [-0.1, -0.05) is 0 Å². The normalized spacial score (nSPS) is 20.0. The summed E-state index contributed by atoms with van der Waals surface area (Å²) in [5, 5.41) is 0. The molecule has 3 heterocycles. The number of methoxy groups -OCH3 is 3. The number of piperazine rings is 1. The second-order valence-corrected chi connectivity index (χ2v) is 8.31. The molecule has 1 aromatic heterocycles. The van der Waals surface area contributed by atoms with Gasteiger partial charge in [-0.2, -0.15) is 0 Å². The summed E-state index contributed by atoms with van der Waals surface area (Å²) in [4.78, 5) is 19.8. The Kier molecular flexibility index (Phi) is 7.74. The zero-order valence-electron chi connectivity index (χ0n) is 19.6. The van der Waals surface area contributed by atoms with Gasteiger partial charge in [0.25, 0.3) is 5.91 Å². The van der Waals surface area contributed by atoms with Crippen molar-refractivity contribution in [1.29, 1.82) is 0 Å². The molecule has 180 valence electrons. The molecule has 9 nitrogen and oxygen atoms in total. The van der Waals surface area contributed by atoms with E-state index >= 15 is 0 Å². The number of morpholine rings is 1. The van der Waals surface area contributed by atoms with Gasteiger partial charge in [-0.05, 0) is 24.3 Å². The van der Waals surface area contributed by atoms with E-state index in [0.29, 0.717) is 35.9 Å². The van der Waals surface area contributed by atoms with E-state index in [-0.39, 0.29) is 12.0 Å². The highest BCUT2D eigenvalue weighted by Crippen LogP contribution is 2.38. The Bertz CT molecular complexity index is 886. The predicted molar refractivity (Wildman–Crippen MR) is 122 cm³/mol. The molecule has 0 radical (unpaired) electrons. The summed E-state index contributed by atoms with van der Waals surface area (Å²) in [6, 6.07) is 7.35. The minimum Gasteiger partial charge on any atom is -0.493 e. The fourth-order valence-corrected chi connectivity index (χ4v) is 4.47. The largest absolute Gasteiger partial charge is 0.493 e. The maximum atomic E-state index is 13.1. The number of carbonyl (C=O) groups excluding carboxylic acids is 1. The Morgan fingerprint density at radius 3 is 2.33 bits per heavy atom. The number of amides is 1. The van der Waals surface area contributed by atoms with Gasteiger partial charge in [0.1, 0.15) is 5.76 Å². The number of furan rings is 1. The molecule has 33 heavy (non-hydrogen) atoms. The fraction of sp³-hybridized carbons (Fsp3) is 0.542. The lowest BCUT2D eigenvalue weighted by atomic mass is 10.1. The molecule has 2 aliphatic rings. The van der Waals surface area contributed by atoms with Crippen LogP contribution in [-0.4, -0.2) is 100 Å². The Morgan fingerprint density at radius 2 is 1.73 bits per heavy atom. The van der Waals surface area contributed by atoms with Crippen LogP contribution in [0.4, 0.5) is 0 Å². The molecule has 2 fully saturated rings. The number of nitrogens with zero attached hydrogens (tertiary/aromatic N) is 3. The Labute approximate surface area is 194 Å². The molecule has 2 saturated heterocycles. The summed E-state index contributed by atoms with van der Waals surface area (Å²) < 4.78 is 27.6. The number of rotatable bonds is 8. The topological polar surface area (TPSA) is 76.9 Å². The first-order valence-electron chi connectivity index (χ1n) is 11.3. The van der Waals surface area contributed by atoms with Crippen LogP contribution in [0.25, 0.3) is 0 Å². The summed E-state index contributed by atoms with van der Waals surface area (Å²) >= 11 is 0. The molecule has 9 heteroatoms. The number of ether oxygens (including phenoxy) is 4. The van der Waals surface area contributed by atoms with Crippen molar-refractivity contribution in [2.24, 2.45) is 0 Å². The highest BCUT2D eigenvalue weighted by atomic mass is 16.5. The third kappa shape index (κ3) is 5.61. The summed E-state index contributed by atoms with van der Waals surface area (Å²) in [7, 11) is 4.65. The van der Waals surface area contributed by atoms with E-state index in [9.17, 15) is 4.79 Å². The zero-order chi connectivity index (χ0) is 23.2. The van der Waals surface area contributed by atoms with E-state index in [1.807, 2.05) is 17.0 Å². The van der Waals surface area contributed by atoms with Crippen LogP contribution in [0.15, 0.2) is 34.9 Å². The minimum absolute atomic E-state index is 0.0348. The van der Waals surface area contributed by atoms with E-state index < -0.39 is 0 Å². The van der Waals surface area contributed by atoms with Gasteiger partial charge >= 0.3 is 0 Å². The van der Waals surface area contributed by atoms with Crippen LogP contribution in [0, 0.1) is 0 Å². The Hall–Kier alpha value is -2.75. The van der Waals surface area contributed by atoms with Crippen molar-refractivity contribution in [2.75, 3.05) is 73.7 Å². The zero-order valence-corrected chi connectivity index (χ0v) is 19.6. The van der Waals surface area contributed by atoms with Gasteiger partial charge in [0.05, 0.1) is 46.8 Å². The van der Waals surface area contributed by atoms with E-state index in [2.05, 4.69) is 9.80 Å². The molecule has 0 spiro atoms. The number of hydrogen-bond donors (Lipinski definition) is 0. The molecule has 1 amide bonds. The summed E-state index contributed by atoms with van der Waals surface area (Å²) in [6.45, 7) is 7.15. The lowest BCUT2D eigenvalue weighted by Gasteiger charge is -2.39. The van der Waals surface area contributed by atoms with Crippen LogP contribution in [0.5, 0.6) is 17.2 Å². The molecular weight excluding hydrogens is 426 g/mol. The maximum Gasteiger partial charge on any atom is 0.254 e. The lowest BCUT2D eigenvalue weighted by molar-refractivity contribution is -0.0510. The van der Waals surface area contributed by atoms with E-state index in [1.165, 1.54) is 0 Å². The molecule has 1 atom stereocenters. The van der Waals surface area contributed by atoms with Crippen molar-refractivity contribution in [3.63, 3.8) is 0 Å². The van der Waals surface area contributed by atoms with Crippen molar-refractivity contribution in [2.45, 2.75) is 12.6 Å². The van der Waals surface area contributed by atoms with Crippen LogP contribution in [0.3, 0.4) is 0 Å². The van der Waals surface area contributed by atoms with Crippen molar-refractivity contribution in [1.82, 2.24) is 14.7 Å².